The highest BCUT2D eigenvalue weighted by Crippen LogP contribution is 2.28. The second-order valence-electron chi connectivity index (χ2n) is 6.83. The summed E-state index contributed by atoms with van der Waals surface area (Å²) < 4.78 is 6.86. The predicted molar refractivity (Wildman–Crippen MR) is 121 cm³/mol. The molecule has 0 saturated heterocycles. The van der Waals surface area contributed by atoms with Gasteiger partial charge in [-0.3, -0.25) is 18.7 Å². The van der Waals surface area contributed by atoms with Crippen molar-refractivity contribution in [1.82, 2.24) is 9.13 Å². The Morgan fingerprint density at radius 1 is 1.06 bits per heavy atom. The molecule has 9 nitrogen and oxygen atoms in total. The summed E-state index contributed by atoms with van der Waals surface area (Å²) in [5.74, 6) is -2.17. The highest BCUT2D eigenvalue weighted by molar-refractivity contribution is 6.37. The summed E-state index contributed by atoms with van der Waals surface area (Å²) in [6.07, 6.45) is 0. The first kappa shape index (κ1) is 23.1. The maximum absolute atomic E-state index is 12.7. The third-order valence-corrected chi connectivity index (χ3v) is 5.23. The third-order valence-electron chi connectivity index (χ3n) is 4.69. The summed E-state index contributed by atoms with van der Waals surface area (Å²) in [6, 6.07) is 11.5. The Morgan fingerprint density at radius 3 is 2.38 bits per heavy atom. The van der Waals surface area contributed by atoms with Gasteiger partial charge in [-0.15, -0.1) is 0 Å². The third kappa shape index (κ3) is 4.53. The first-order chi connectivity index (χ1) is 15.1. The molecule has 2 aromatic carbocycles. The molecule has 0 radical (unpaired) electrons. The van der Waals surface area contributed by atoms with Crippen molar-refractivity contribution in [2.24, 2.45) is 7.05 Å². The quantitative estimate of drug-likeness (QED) is 0.315. The summed E-state index contributed by atoms with van der Waals surface area (Å²) in [7, 11) is 1.23. The lowest BCUT2D eigenvalue weighted by Gasteiger charge is -2.15. The molecule has 0 atom stereocenters. The summed E-state index contributed by atoms with van der Waals surface area (Å²) in [5, 5.41) is 0.190. The lowest BCUT2D eigenvalue weighted by molar-refractivity contribution is 0.0475. The van der Waals surface area contributed by atoms with Crippen LogP contribution in [0.3, 0.4) is 0 Å². The highest BCUT2D eigenvalue weighted by Gasteiger charge is 2.24. The van der Waals surface area contributed by atoms with Crippen LogP contribution in [0.1, 0.15) is 26.3 Å². The molecule has 166 valence electrons. The maximum Gasteiger partial charge on any atom is 0.340 e. The highest BCUT2D eigenvalue weighted by atomic mass is 35.5. The number of benzene rings is 2. The molecular formula is C21H18Cl2N4O5. The maximum atomic E-state index is 12.7. The van der Waals surface area contributed by atoms with Crippen LogP contribution < -0.4 is 22.7 Å². The topological polar surface area (TPSA) is 139 Å². The minimum absolute atomic E-state index is 0.0389. The van der Waals surface area contributed by atoms with Crippen molar-refractivity contribution in [3.05, 3.63) is 90.0 Å². The van der Waals surface area contributed by atoms with Crippen LogP contribution in [0.15, 0.2) is 52.1 Å². The molecule has 1 aromatic heterocycles. The Bertz CT molecular complexity index is 1330. The normalized spacial score (nSPS) is 10.7. The molecule has 0 aliphatic rings. The number of hydrogen-bond acceptors (Lipinski definition) is 7. The minimum atomic E-state index is -0.965. The van der Waals surface area contributed by atoms with Gasteiger partial charge in [-0.1, -0.05) is 53.5 Å². The van der Waals surface area contributed by atoms with E-state index in [2.05, 4.69) is 0 Å². The van der Waals surface area contributed by atoms with Crippen molar-refractivity contribution in [2.75, 3.05) is 18.1 Å². The second kappa shape index (κ2) is 9.29. The van der Waals surface area contributed by atoms with Crippen LogP contribution in [0, 0.1) is 0 Å². The monoisotopic (exact) mass is 476 g/mol. The summed E-state index contributed by atoms with van der Waals surface area (Å²) in [6.45, 7) is -0.775. The number of ether oxygens (including phenoxy) is 1. The Hall–Kier alpha value is -3.56. The molecule has 1 heterocycles. The van der Waals surface area contributed by atoms with Crippen LogP contribution in [-0.4, -0.2) is 27.5 Å². The van der Waals surface area contributed by atoms with E-state index < -0.39 is 35.2 Å². The number of ketones is 1. The van der Waals surface area contributed by atoms with Crippen LogP contribution in [0.4, 0.5) is 11.5 Å². The molecule has 4 N–H and O–H groups in total. The summed E-state index contributed by atoms with van der Waals surface area (Å²) in [4.78, 5) is 50.2. The molecule has 0 spiro atoms. The molecule has 11 heteroatoms. The van der Waals surface area contributed by atoms with Gasteiger partial charge in [0.15, 0.2) is 6.61 Å². The number of nitrogens with two attached hydrogens (primary N) is 2. The molecule has 3 rings (SSSR count). The lowest BCUT2D eigenvalue weighted by atomic mass is 10.1. The first-order valence-electron chi connectivity index (χ1n) is 9.19. The zero-order valence-electron chi connectivity index (χ0n) is 16.8. The number of aromatic nitrogens is 2. The fourth-order valence-corrected chi connectivity index (χ4v) is 3.49. The molecule has 0 aliphatic heterocycles. The van der Waals surface area contributed by atoms with E-state index in [1.165, 1.54) is 19.2 Å². The Kier molecular flexibility index (Phi) is 6.71. The number of esters is 1. The van der Waals surface area contributed by atoms with Crippen molar-refractivity contribution in [3.63, 3.8) is 0 Å². The fourth-order valence-electron chi connectivity index (χ4n) is 3.00. The van der Waals surface area contributed by atoms with Gasteiger partial charge in [-0.2, -0.15) is 0 Å². The van der Waals surface area contributed by atoms with Crippen molar-refractivity contribution in [2.45, 2.75) is 6.54 Å². The van der Waals surface area contributed by atoms with E-state index in [4.69, 9.17) is 39.4 Å². The number of nitrogen functional groups attached to an aromatic ring is 2. The molecule has 0 amide bonds. The molecule has 0 unspecified atom stereocenters. The van der Waals surface area contributed by atoms with E-state index in [0.717, 1.165) is 14.7 Å². The van der Waals surface area contributed by atoms with E-state index in [1.54, 1.807) is 30.3 Å². The Morgan fingerprint density at radius 2 is 1.72 bits per heavy atom. The molecule has 3 aromatic rings. The summed E-state index contributed by atoms with van der Waals surface area (Å²) >= 11 is 11.8. The second-order valence-corrected chi connectivity index (χ2v) is 7.67. The number of rotatable bonds is 6. The average Bonchev–Trinajstić information content (AvgIpc) is 2.77. The SMILES string of the molecule is Cn1c(=O)c(C(=O)COC(=O)c2cc(Cl)cc(Cl)c2N)c(N)n(Cc2ccccc2)c1=O. The van der Waals surface area contributed by atoms with Crippen LogP contribution in [-0.2, 0) is 18.3 Å². The van der Waals surface area contributed by atoms with E-state index >= 15 is 0 Å². The number of carbonyl (C=O) groups excluding carboxylic acids is 2. The number of halogens is 2. The van der Waals surface area contributed by atoms with Gasteiger partial charge < -0.3 is 16.2 Å². The number of carbonyl (C=O) groups is 2. The number of anilines is 2. The lowest BCUT2D eigenvalue weighted by Crippen LogP contribution is -2.43. The van der Waals surface area contributed by atoms with Gasteiger partial charge in [-0.05, 0) is 17.7 Å². The number of hydrogen-bond donors (Lipinski definition) is 2. The molecule has 0 bridgehead atoms. The predicted octanol–water partition coefficient (Wildman–Crippen LogP) is 2.11. The van der Waals surface area contributed by atoms with Crippen LogP contribution in [0.5, 0.6) is 0 Å². The van der Waals surface area contributed by atoms with E-state index in [-0.39, 0.29) is 33.7 Å². The van der Waals surface area contributed by atoms with Crippen LogP contribution >= 0.6 is 23.2 Å². The molecule has 0 fully saturated rings. The van der Waals surface area contributed by atoms with Gasteiger partial charge in [-0.25, -0.2) is 9.59 Å². The van der Waals surface area contributed by atoms with Gasteiger partial charge in [0.05, 0.1) is 22.8 Å². The largest absolute Gasteiger partial charge is 0.454 e. The standard InChI is InChI=1S/C21H18Cl2N4O5/c1-26-19(29)16(18(25)27(21(26)31)9-11-5-3-2-4-6-11)15(28)10-32-20(30)13-7-12(22)8-14(23)17(13)24/h2-8H,9-10,24-25H2,1H3. The van der Waals surface area contributed by atoms with Gasteiger partial charge in [0.2, 0.25) is 5.78 Å². The summed E-state index contributed by atoms with van der Waals surface area (Å²) in [5.41, 5.74) is 10.3. The van der Waals surface area contributed by atoms with E-state index in [1.807, 2.05) is 0 Å². The van der Waals surface area contributed by atoms with Gasteiger partial charge in [0.25, 0.3) is 5.56 Å². The van der Waals surface area contributed by atoms with Crippen molar-refractivity contribution in [1.29, 1.82) is 0 Å². The van der Waals surface area contributed by atoms with Crippen molar-refractivity contribution in [3.8, 4) is 0 Å². The van der Waals surface area contributed by atoms with Crippen LogP contribution in [0.25, 0.3) is 0 Å². The minimum Gasteiger partial charge on any atom is -0.454 e. The molecule has 32 heavy (non-hydrogen) atoms. The van der Waals surface area contributed by atoms with E-state index in [9.17, 15) is 19.2 Å². The average molecular weight is 477 g/mol. The van der Waals surface area contributed by atoms with Gasteiger partial charge in [0.1, 0.15) is 11.4 Å². The molecule has 0 saturated carbocycles. The molecule has 0 aliphatic carbocycles. The smallest absolute Gasteiger partial charge is 0.340 e. The first-order valence-corrected chi connectivity index (χ1v) is 9.95. The van der Waals surface area contributed by atoms with Crippen molar-refractivity contribution < 1.29 is 14.3 Å². The zero-order chi connectivity index (χ0) is 23.6. The number of nitrogens with zero attached hydrogens (tertiary/aromatic N) is 2. The Balaban J connectivity index is 1.91. The Labute approximate surface area is 191 Å². The molecular weight excluding hydrogens is 459 g/mol. The van der Waals surface area contributed by atoms with E-state index in [0.29, 0.717) is 0 Å². The zero-order valence-corrected chi connectivity index (χ0v) is 18.3. The van der Waals surface area contributed by atoms with Gasteiger partial charge in [0, 0.05) is 12.1 Å². The number of Topliss-reactive ketones (excluding diaryl/α,β-unsaturated/α-hetero) is 1. The van der Waals surface area contributed by atoms with Crippen LogP contribution in [0.2, 0.25) is 10.0 Å². The fraction of sp³-hybridized carbons (Fsp3) is 0.143. The van der Waals surface area contributed by atoms with Crippen molar-refractivity contribution >= 4 is 46.5 Å². The van der Waals surface area contributed by atoms with Gasteiger partial charge >= 0.3 is 11.7 Å².